The second-order valence-corrected chi connectivity index (χ2v) is 7.97. The van der Waals surface area contributed by atoms with E-state index in [2.05, 4.69) is 19.4 Å². The van der Waals surface area contributed by atoms with Crippen molar-refractivity contribution in [3.05, 3.63) is 107 Å². The van der Waals surface area contributed by atoms with Crippen molar-refractivity contribution in [1.82, 2.24) is 19.4 Å². The van der Waals surface area contributed by atoms with Gasteiger partial charge in [0.15, 0.2) is 5.43 Å². The molecule has 2 aromatic carbocycles. The number of pyridine rings is 1. The highest BCUT2D eigenvalue weighted by atomic mass is 16.3. The van der Waals surface area contributed by atoms with Crippen molar-refractivity contribution in [2.24, 2.45) is 0 Å². The fraction of sp³-hybridized carbons (Fsp3) is 0.192. The second-order valence-electron chi connectivity index (χ2n) is 7.97. The van der Waals surface area contributed by atoms with Gasteiger partial charge < -0.3 is 8.98 Å². The van der Waals surface area contributed by atoms with Crippen LogP contribution in [0, 0.1) is 0 Å². The number of hydrogen-bond acceptors (Lipinski definition) is 5. The van der Waals surface area contributed by atoms with Gasteiger partial charge in [0.2, 0.25) is 0 Å². The molecule has 0 unspecified atom stereocenters. The predicted octanol–water partition coefficient (Wildman–Crippen LogP) is 4.63. The van der Waals surface area contributed by atoms with Gasteiger partial charge in [-0.3, -0.25) is 14.7 Å². The van der Waals surface area contributed by atoms with Gasteiger partial charge in [-0.2, -0.15) is 0 Å². The van der Waals surface area contributed by atoms with Crippen LogP contribution < -0.4 is 5.43 Å². The summed E-state index contributed by atoms with van der Waals surface area (Å²) >= 11 is 0. The fourth-order valence-electron chi connectivity index (χ4n) is 4.11. The molecule has 32 heavy (non-hydrogen) atoms. The standard InChI is InChI=1S/C26H24N4O2/c31-25-22(18-32-26-23-5-2-1-4-21(23)6-7-24(25)26)17-30(16-20-8-10-27-11-9-20)14-3-13-29-15-12-28-19-29/h1-2,4-12,15,18-19H,3,13-14,16-17H2. The Morgan fingerprint density at radius 2 is 1.78 bits per heavy atom. The number of fused-ring (bicyclic) bond motifs is 3. The Bertz CT molecular complexity index is 1380. The molecule has 0 saturated carbocycles. The van der Waals surface area contributed by atoms with Gasteiger partial charge in [-0.25, -0.2) is 4.98 Å². The van der Waals surface area contributed by atoms with E-state index >= 15 is 0 Å². The Morgan fingerprint density at radius 1 is 0.906 bits per heavy atom. The number of benzene rings is 2. The van der Waals surface area contributed by atoms with E-state index in [1.807, 2.05) is 61.1 Å². The zero-order valence-corrected chi connectivity index (χ0v) is 17.7. The first kappa shape index (κ1) is 20.2. The summed E-state index contributed by atoms with van der Waals surface area (Å²) in [5.74, 6) is 0. The molecule has 0 atom stereocenters. The molecule has 0 saturated heterocycles. The molecule has 5 aromatic rings. The third-order valence-electron chi connectivity index (χ3n) is 5.73. The lowest BCUT2D eigenvalue weighted by atomic mass is 10.1. The normalized spacial score (nSPS) is 11.5. The molecule has 3 aromatic heterocycles. The Kier molecular flexibility index (Phi) is 5.77. The van der Waals surface area contributed by atoms with Gasteiger partial charge in [0, 0.05) is 61.9 Å². The van der Waals surface area contributed by atoms with Gasteiger partial charge >= 0.3 is 0 Å². The van der Waals surface area contributed by atoms with Gasteiger partial charge in [0.05, 0.1) is 18.0 Å². The van der Waals surface area contributed by atoms with E-state index in [9.17, 15) is 4.79 Å². The van der Waals surface area contributed by atoms with E-state index < -0.39 is 0 Å². The van der Waals surface area contributed by atoms with Crippen molar-refractivity contribution in [2.75, 3.05) is 6.54 Å². The molecule has 5 rings (SSSR count). The maximum absolute atomic E-state index is 13.3. The van der Waals surface area contributed by atoms with Crippen LogP contribution in [-0.2, 0) is 19.6 Å². The number of rotatable bonds is 8. The molecule has 0 spiro atoms. The summed E-state index contributed by atoms with van der Waals surface area (Å²) in [5.41, 5.74) is 2.52. The molecular formula is C26H24N4O2. The molecular weight excluding hydrogens is 400 g/mol. The van der Waals surface area contributed by atoms with E-state index in [1.165, 1.54) is 5.56 Å². The van der Waals surface area contributed by atoms with Crippen molar-refractivity contribution in [3.8, 4) is 0 Å². The van der Waals surface area contributed by atoms with Crippen LogP contribution in [0.2, 0.25) is 0 Å². The lowest BCUT2D eigenvalue weighted by Gasteiger charge is -2.22. The Morgan fingerprint density at radius 3 is 2.62 bits per heavy atom. The molecule has 160 valence electrons. The number of aromatic nitrogens is 3. The van der Waals surface area contributed by atoms with E-state index in [4.69, 9.17) is 4.42 Å². The topological polar surface area (TPSA) is 64.2 Å². The molecule has 0 aliphatic heterocycles. The van der Waals surface area contributed by atoms with Gasteiger partial charge in [0.25, 0.3) is 0 Å². The largest absolute Gasteiger partial charge is 0.463 e. The van der Waals surface area contributed by atoms with Gasteiger partial charge in [-0.05, 0) is 35.6 Å². The average Bonchev–Trinajstić information content (AvgIpc) is 3.35. The molecule has 0 radical (unpaired) electrons. The predicted molar refractivity (Wildman–Crippen MR) is 125 cm³/mol. The zero-order chi connectivity index (χ0) is 21.8. The van der Waals surface area contributed by atoms with Crippen LogP contribution in [0.4, 0.5) is 0 Å². The summed E-state index contributed by atoms with van der Waals surface area (Å²) in [5, 5.41) is 2.65. The highest BCUT2D eigenvalue weighted by Crippen LogP contribution is 2.24. The zero-order valence-electron chi connectivity index (χ0n) is 17.7. The Hall–Kier alpha value is -3.77. The molecule has 0 bridgehead atoms. The van der Waals surface area contributed by atoms with Gasteiger partial charge in [-0.15, -0.1) is 0 Å². The monoisotopic (exact) mass is 424 g/mol. The van der Waals surface area contributed by atoms with Gasteiger partial charge in [-0.1, -0.05) is 30.3 Å². The second kappa shape index (κ2) is 9.16. The van der Waals surface area contributed by atoms with E-state index in [0.29, 0.717) is 23.1 Å². The lowest BCUT2D eigenvalue weighted by Crippen LogP contribution is -2.27. The molecule has 6 nitrogen and oxygen atoms in total. The number of aryl methyl sites for hydroxylation is 1. The molecule has 6 heteroatoms. The Labute approximate surface area is 185 Å². The first-order valence-electron chi connectivity index (χ1n) is 10.8. The lowest BCUT2D eigenvalue weighted by molar-refractivity contribution is 0.246. The summed E-state index contributed by atoms with van der Waals surface area (Å²) in [7, 11) is 0. The number of imidazole rings is 1. The minimum absolute atomic E-state index is 0.0336. The SMILES string of the molecule is O=c1c(CN(CCCn2ccnc2)Cc2ccncc2)coc2c1ccc1ccccc12. The van der Waals surface area contributed by atoms with Crippen LogP contribution in [0.25, 0.3) is 21.7 Å². The molecule has 0 amide bonds. The molecule has 3 heterocycles. The van der Waals surface area contributed by atoms with Gasteiger partial charge in [0.1, 0.15) is 5.58 Å². The van der Waals surface area contributed by atoms with Crippen LogP contribution in [-0.4, -0.2) is 26.0 Å². The quantitative estimate of drug-likeness (QED) is 0.340. The molecule has 0 aliphatic rings. The highest BCUT2D eigenvalue weighted by molar-refractivity contribution is 6.03. The summed E-state index contributed by atoms with van der Waals surface area (Å²) < 4.78 is 8.07. The van der Waals surface area contributed by atoms with Crippen molar-refractivity contribution >= 4 is 21.7 Å². The third-order valence-corrected chi connectivity index (χ3v) is 5.73. The van der Waals surface area contributed by atoms with Crippen LogP contribution in [0.15, 0.2) is 95.1 Å². The van der Waals surface area contributed by atoms with E-state index in [-0.39, 0.29) is 5.43 Å². The van der Waals surface area contributed by atoms with Crippen molar-refractivity contribution < 1.29 is 4.42 Å². The van der Waals surface area contributed by atoms with E-state index in [0.717, 1.165) is 36.8 Å². The van der Waals surface area contributed by atoms with Crippen LogP contribution in [0.1, 0.15) is 17.5 Å². The molecule has 0 fully saturated rings. The first-order valence-corrected chi connectivity index (χ1v) is 10.8. The third kappa shape index (κ3) is 4.31. The summed E-state index contributed by atoms with van der Waals surface area (Å²) in [6.45, 7) is 2.99. The summed E-state index contributed by atoms with van der Waals surface area (Å²) in [6.07, 6.45) is 11.8. The van der Waals surface area contributed by atoms with Crippen molar-refractivity contribution in [3.63, 3.8) is 0 Å². The molecule has 0 aliphatic carbocycles. The summed E-state index contributed by atoms with van der Waals surface area (Å²) in [4.78, 5) is 23.8. The minimum atomic E-state index is 0.0336. The maximum Gasteiger partial charge on any atom is 0.197 e. The minimum Gasteiger partial charge on any atom is -0.463 e. The van der Waals surface area contributed by atoms with Crippen LogP contribution in [0.3, 0.4) is 0 Å². The Balaban J connectivity index is 1.41. The maximum atomic E-state index is 13.3. The number of nitrogens with zero attached hydrogens (tertiary/aromatic N) is 4. The molecule has 0 N–H and O–H groups in total. The first-order chi connectivity index (χ1) is 15.8. The highest BCUT2D eigenvalue weighted by Gasteiger charge is 2.14. The number of hydrogen-bond donors (Lipinski definition) is 0. The van der Waals surface area contributed by atoms with Crippen molar-refractivity contribution in [2.45, 2.75) is 26.1 Å². The van der Waals surface area contributed by atoms with E-state index in [1.54, 1.807) is 24.9 Å². The smallest absolute Gasteiger partial charge is 0.197 e. The van der Waals surface area contributed by atoms with Crippen LogP contribution in [0.5, 0.6) is 0 Å². The van der Waals surface area contributed by atoms with Crippen LogP contribution >= 0.6 is 0 Å². The fourth-order valence-corrected chi connectivity index (χ4v) is 4.11. The van der Waals surface area contributed by atoms with Crippen molar-refractivity contribution in [1.29, 1.82) is 0 Å². The average molecular weight is 425 g/mol. The summed E-state index contributed by atoms with van der Waals surface area (Å²) in [6, 6.07) is 15.9.